The van der Waals surface area contributed by atoms with E-state index in [1.165, 1.54) is 18.4 Å². The second-order valence-corrected chi connectivity index (χ2v) is 4.55. The average Bonchev–Trinajstić information content (AvgIpc) is 2.21. The van der Waals surface area contributed by atoms with Crippen LogP contribution in [0.15, 0.2) is 12.2 Å². The predicted octanol–water partition coefficient (Wildman–Crippen LogP) is 2.66. The van der Waals surface area contributed by atoms with Gasteiger partial charge in [-0.25, -0.2) is 0 Å². The summed E-state index contributed by atoms with van der Waals surface area (Å²) in [5.74, 6) is 0. The summed E-state index contributed by atoms with van der Waals surface area (Å²) in [6, 6.07) is 0.611. The van der Waals surface area contributed by atoms with Gasteiger partial charge >= 0.3 is 0 Å². The Bertz CT molecular complexity index is 164. The van der Waals surface area contributed by atoms with Gasteiger partial charge < -0.3 is 10.2 Å². The van der Waals surface area contributed by atoms with E-state index in [1.807, 2.05) is 0 Å². The Morgan fingerprint density at radius 2 is 2.00 bits per heavy atom. The third-order valence-corrected chi connectivity index (χ3v) is 2.64. The zero-order valence-electron chi connectivity index (χ0n) is 11.0. The predicted molar refractivity (Wildman–Crippen MR) is 69.3 cm³/mol. The van der Waals surface area contributed by atoms with E-state index in [9.17, 15) is 0 Å². The molecule has 0 saturated heterocycles. The van der Waals surface area contributed by atoms with E-state index in [1.54, 1.807) is 0 Å². The topological polar surface area (TPSA) is 15.3 Å². The van der Waals surface area contributed by atoms with Crippen molar-refractivity contribution in [2.45, 2.75) is 45.6 Å². The second kappa shape index (κ2) is 8.93. The number of hydrogen-bond acceptors (Lipinski definition) is 2. The van der Waals surface area contributed by atoms with Crippen LogP contribution < -0.4 is 5.32 Å². The maximum Gasteiger partial charge on any atom is 0.0116 e. The van der Waals surface area contributed by atoms with E-state index in [-0.39, 0.29) is 0 Å². The fraction of sp³-hybridized carbons (Fsp3) is 0.846. The van der Waals surface area contributed by atoms with Crippen molar-refractivity contribution >= 4 is 0 Å². The summed E-state index contributed by atoms with van der Waals surface area (Å²) in [4.78, 5) is 2.25. The fourth-order valence-electron chi connectivity index (χ4n) is 1.53. The van der Waals surface area contributed by atoms with Crippen molar-refractivity contribution in [3.05, 3.63) is 12.2 Å². The zero-order chi connectivity index (χ0) is 11.7. The van der Waals surface area contributed by atoms with E-state index >= 15 is 0 Å². The molecule has 0 aromatic rings. The molecule has 1 N–H and O–H groups in total. The summed E-state index contributed by atoms with van der Waals surface area (Å²) in [6.07, 6.45) is 4.65. The van der Waals surface area contributed by atoms with E-state index < -0.39 is 0 Å². The Balaban J connectivity index is 3.88. The van der Waals surface area contributed by atoms with Crippen molar-refractivity contribution in [3.8, 4) is 0 Å². The quantitative estimate of drug-likeness (QED) is 0.591. The number of nitrogens with zero attached hydrogens (tertiary/aromatic N) is 1. The SMILES string of the molecule is C=C(CC)CC(CCN(C)C)NCCC. The molecule has 90 valence electrons. The molecule has 0 aromatic heterocycles. The summed E-state index contributed by atoms with van der Waals surface area (Å²) in [6.45, 7) is 10.8. The Hall–Kier alpha value is -0.340. The van der Waals surface area contributed by atoms with Crippen LogP contribution in [0.3, 0.4) is 0 Å². The second-order valence-electron chi connectivity index (χ2n) is 4.55. The molecule has 0 spiro atoms. The summed E-state index contributed by atoms with van der Waals surface area (Å²) in [5.41, 5.74) is 1.36. The Labute approximate surface area is 95.7 Å². The maximum absolute atomic E-state index is 4.09. The molecule has 0 aliphatic heterocycles. The Morgan fingerprint density at radius 3 is 2.47 bits per heavy atom. The molecule has 0 fully saturated rings. The number of rotatable bonds is 9. The summed E-state index contributed by atoms with van der Waals surface area (Å²) < 4.78 is 0. The van der Waals surface area contributed by atoms with Gasteiger partial charge in [0.25, 0.3) is 0 Å². The molecule has 0 saturated carbocycles. The first-order chi connectivity index (χ1) is 7.10. The number of nitrogens with one attached hydrogen (secondary N) is 1. The Morgan fingerprint density at radius 1 is 1.33 bits per heavy atom. The van der Waals surface area contributed by atoms with Crippen molar-refractivity contribution in [1.82, 2.24) is 10.2 Å². The molecule has 0 rings (SSSR count). The van der Waals surface area contributed by atoms with E-state index in [4.69, 9.17) is 0 Å². The Kier molecular flexibility index (Phi) is 8.73. The van der Waals surface area contributed by atoms with Gasteiger partial charge in [-0.15, -0.1) is 0 Å². The molecule has 0 aliphatic rings. The smallest absolute Gasteiger partial charge is 0.0116 e. The van der Waals surface area contributed by atoms with Crippen molar-refractivity contribution in [3.63, 3.8) is 0 Å². The van der Waals surface area contributed by atoms with Crippen LogP contribution >= 0.6 is 0 Å². The van der Waals surface area contributed by atoms with Crippen molar-refractivity contribution in [2.24, 2.45) is 0 Å². The first-order valence-corrected chi connectivity index (χ1v) is 6.14. The largest absolute Gasteiger partial charge is 0.314 e. The third kappa shape index (κ3) is 8.64. The van der Waals surface area contributed by atoms with E-state index in [2.05, 4.69) is 44.7 Å². The van der Waals surface area contributed by atoms with Gasteiger partial charge in [0.2, 0.25) is 0 Å². The van der Waals surface area contributed by atoms with Gasteiger partial charge in [-0.1, -0.05) is 26.0 Å². The van der Waals surface area contributed by atoms with Crippen molar-refractivity contribution < 1.29 is 0 Å². The zero-order valence-corrected chi connectivity index (χ0v) is 11.0. The minimum absolute atomic E-state index is 0.611. The van der Waals surface area contributed by atoms with Crippen LogP contribution in [0, 0.1) is 0 Å². The van der Waals surface area contributed by atoms with Gasteiger partial charge in [0, 0.05) is 6.04 Å². The van der Waals surface area contributed by atoms with Gasteiger partial charge in [-0.05, 0) is 52.9 Å². The molecule has 0 bridgehead atoms. The van der Waals surface area contributed by atoms with E-state index in [0.717, 1.165) is 25.9 Å². The monoisotopic (exact) mass is 212 g/mol. The highest BCUT2D eigenvalue weighted by Crippen LogP contribution is 2.10. The minimum Gasteiger partial charge on any atom is -0.314 e. The van der Waals surface area contributed by atoms with Crippen molar-refractivity contribution in [1.29, 1.82) is 0 Å². The van der Waals surface area contributed by atoms with Gasteiger partial charge in [0.15, 0.2) is 0 Å². The lowest BCUT2D eigenvalue weighted by Crippen LogP contribution is -2.33. The highest BCUT2D eigenvalue weighted by atomic mass is 15.1. The van der Waals surface area contributed by atoms with Gasteiger partial charge in [-0.3, -0.25) is 0 Å². The van der Waals surface area contributed by atoms with E-state index in [0.29, 0.717) is 6.04 Å². The molecule has 0 heterocycles. The molecule has 2 heteroatoms. The number of hydrogen-bond donors (Lipinski definition) is 1. The lowest BCUT2D eigenvalue weighted by Gasteiger charge is -2.21. The third-order valence-electron chi connectivity index (χ3n) is 2.64. The van der Waals surface area contributed by atoms with Crippen LogP contribution in [-0.2, 0) is 0 Å². The molecule has 0 aliphatic carbocycles. The van der Waals surface area contributed by atoms with Gasteiger partial charge in [-0.2, -0.15) is 0 Å². The first kappa shape index (κ1) is 14.7. The van der Waals surface area contributed by atoms with Crippen LogP contribution in [0.5, 0.6) is 0 Å². The molecule has 0 amide bonds. The van der Waals surface area contributed by atoms with Crippen molar-refractivity contribution in [2.75, 3.05) is 27.2 Å². The molecular weight excluding hydrogens is 184 g/mol. The molecule has 0 radical (unpaired) electrons. The highest BCUT2D eigenvalue weighted by Gasteiger charge is 2.08. The molecule has 15 heavy (non-hydrogen) atoms. The molecule has 1 atom stereocenters. The van der Waals surface area contributed by atoms with Crippen LogP contribution in [0.2, 0.25) is 0 Å². The minimum atomic E-state index is 0.611. The van der Waals surface area contributed by atoms with Crippen LogP contribution in [0.1, 0.15) is 39.5 Å². The summed E-state index contributed by atoms with van der Waals surface area (Å²) in [7, 11) is 4.26. The molecule has 1 unspecified atom stereocenters. The van der Waals surface area contributed by atoms with Gasteiger partial charge in [0.1, 0.15) is 0 Å². The molecule has 0 aromatic carbocycles. The molecule has 2 nitrogen and oxygen atoms in total. The molecular formula is C13H28N2. The van der Waals surface area contributed by atoms with Crippen LogP contribution in [0.25, 0.3) is 0 Å². The fourth-order valence-corrected chi connectivity index (χ4v) is 1.53. The standard InChI is InChI=1S/C13H28N2/c1-6-9-14-13(8-10-15(4)5)11-12(3)7-2/h13-14H,3,6-11H2,1-2,4-5H3. The highest BCUT2D eigenvalue weighted by molar-refractivity contribution is 4.96. The normalized spacial score (nSPS) is 13.1. The van der Waals surface area contributed by atoms with Crippen LogP contribution in [-0.4, -0.2) is 38.1 Å². The lowest BCUT2D eigenvalue weighted by atomic mass is 10.0. The maximum atomic E-state index is 4.09. The lowest BCUT2D eigenvalue weighted by molar-refractivity contribution is 0.355. The van der Waals surface area contributed by atoms with Gasteiger partial charge in [0.05, 0.1) is 0 Å². The van der Waals surface area contributed by atoms with Crippen LogP contribution in [0.4, 0.5) is 0 Å². The average molecular weight is 212 g/mol. The first-order valence-electron chi connectivity index (χ1n) is 6.14. The summed E-state index contributed by atoms with van der Waals surface area (Å²) >= 11 is 0. The summed E-state index contributed by atoms with van der Waals surface area (Å²) in [5, 5.41) is 3.60.